The van der Waals surface area contributed by atoms with Crippen molar-refractivity contribution < 1.29 is 19.8 Å². The molecule has 0 aliphatic rings. The molecule has 2 N–H and O–H groups in total. The monoisotopic (exact) mass is 237 g/mol. The van der Waals surface area contributed by atoms with Crippen molar-refractivity contribution in [2.75, 3.05) is 0 Å². The van der Waals surface area contributed by atoms with Gasteiger partial charge in [-0.1, -0.05) is 6.42 Å². The molecule has 0 unspecified atom stereocenters. The highest BCUT2D eigenvalue weighted by atomic mass is 16.4. The minimum atomic E-state index is -0.959. The highest BCUT2D eigenvalue weighted by Gasteiger charge is 2.04. The van der Waals surface area contributed by atoms with Crippen LogP contribution in [0.3, 0.4) is 0 Å². The first-order valence-corrected chi connectivity index (χ1v) is 5.49. The van der Waals surface area contributed by atoms with Crippen LogP contribution in [0.5, 0.6) is 0 Å². The number of unbranched alkanes of at least 4 members (excludes halogenated alkanes) is 2. The summed E-state index contributed by atoms with van der Waals surface area (Å²) in [5, 5.41) is 17.2. The van der Waals surface area contributed by atoms with Crippen LogP contribution in [0.1, 0.15) is 41.7 Å². The molecule has 1 rings (SSSR count). The molecule has 1 heterocycles. The Morgan fingerprint density at radius 2 is 1.94 bits per heavy atom. The van der Waals surface area contributed by atoms with E-state index in [1.807, 2.05) is 0 Å². The molecule has 5 heteroatoms. The molecule has 0 amide bonds. The summed E-state index contributed by atoms with van der Waals surface area (Å²) in [6.45, 7) is 0. The van der Waals surface area contributed by atoms with Crippen LogP contribution in [-0.2, 0) is 11.2 Å². The second-order valence-electron chi connectivity index (χ2n) is 3.80. The molecule has 0 saturated heterocycles. The molecule has 0 aliphatic carbocycles. The highest BCUT2D eigenvalue weighted by molar-refractivity contribution is 5.87. The Morgan fingerprint density at radius 1 is 1.18 bits per heavy atom. The number of carbonyl (C=O) groups is 2. The molecule has 1 aromatic heterocycles. The molecule has 0 bridgehead atoms. The van der Waals surface area contributed by atoms with Crippen molar-refractivity contribution in [3.05, 3.63) is 29.6 Å². The first-order chi connectivity index (χ1) is 8.09. The van der Waals surface area contributed by atoms with E-state index >= 15 is 0 Å². The number of carboxylic acid groups (broad SMARTS) is 2. The van der Waals surface area contributed by atoms with E-state index in [1.165, 1.54) is 12.3 Å². The summed E-state index contributed by atoms with van der Waals surface area (Å²) in [6, 6.07) is 3.01. The number of hydrogen-bond acceptors (Lipinski definition) is 3. The zero-order valence-electron chi connectivity index (χ0n) is 9.43. The molecule has 17 heavy (non-hydrogen) atoms. The quantitative estimate of drug-likeness (QED) is 0.708. The lowest BCUT2D eigenvalue weighted by atomic mass is 10.1. The van der Waals surface area contributed by atoms with E-state index in [4.69, 9.17) is 10.2 Å². The molecule has 0 spiro atoms. The topological polar surface area (TPSA) is 87.5 Å². The molecule has 0 radical (unpaired) electrons. The maximum Gasteiger partial charge on any atom is 0.335 e. The van der Waals surface area contributed by atoms with Crippen LogP contribution in [-0.4, -0.2) is 27.1 Å². The van der Waals surface area contributed by atoms with Gasteiger partial charge in [-0.05, 0) is 31.4 Å². The van der Waals surface area contributed by atoms with Crippen LogP contribution >= 0.6 is 0 Å². The number of aryl methyl sites for hydroxylation is 1. The van der Waals surface area contributed by atoms with Crippen LogP contribution in [0.15, 0.2) is 18.3 Å². The van der Waals surface area contributed by atoms with Gasteiger partial charge < -0.3 is 10.2 Å². The second-order valence-corrected chi connectivity index (χ2v) is 3.80. The molecule has 0 aliphatic heterocycles. The molecule has 0 aromatic carbocycles. The Labute approximate surface area is 99.1 Å². The fourth-order valence-corrected chi connectivity index (χ4v) is 1.51. The number of pyridine rings is 1. The zero-order chi connectivity index (χ0) is 12.7. The van der Waals surface area contributed by atoms with Gasteiger partial charge in [-0.3, -0.25) is 9.78 Å². The third-order valence-corrected chi connectivity index (χ3v) is 2.39. The SMILES string of the molecule is O=C(O)CCCCCc1cc(C(=O)O)ccn1. The molecule has 1 aromatic rings. The van der Waals surface area contributed by atoms with E-state index in [1.54, 1.807) is 6.07 Å². The number of carboxylic acids is 2. The lowest BCUT2D eigenvalue weighted by Crippen LogP contribution is -1.99. The van der Waals surface area contributed by atoms with Crippen molar-refractivity contribution in [3.8, 4) is 0 Å². The Bertz CT molecular complexity index is 403. The summed E-state index contributed by atoms with van der Waals surface area (Å²) in [5.74, 6) is -1.74. The minimum Gasteiger partial charge on any atom is -0.481 e. The van der Waals surface area contributed by atoms with Gasteiger partial charge in [-0.15, -0.1) is 0 Å². The maximum absolute atomic E-state index is 10.7. The number of aromatic carboxylic acids is 1. The van der Waals surface area contributed by atoms with Gasteiger partial charge in [0.15, 0.2) is 0 Å². The fraction of sp³-hybridized carbons (Fsp3) is 0.417. The van der Waals surface area contributed by atoms with Gasteiger partial charge in [-0.25, -0.2) is 4.79 Å². The van der Waals surface area contributed by atoms with Gasteiger partial charge in [0.2, 0.25) is 0 Å². The Hall–Kier alpha value is -1.91. The zero-order valence-corrected chi connectivity index (χ0v) is 9.43. The number of rotatable bonds is 7. The normalized spacial score (nSPS) is 10.1. The van der Waals surface area contributed by atoms with E-state index in [-0.39, 0.29) is 12.0 Å². The van der Waals surface area contributed by atoms with Crippen molar-refractivity contribution in [2.24, 2.45) is 0 Å². The van der Waals surface area contributed by atoms with Crippen LogP contribution in [0, 0.1) is 0 Å². The molecule has 92 valence electrons. The summed E-state index contributed by atoms with van der Waals surface area (Å²) < 4.78 is 0. The van der Waals surface area contributed by atoms with Gasteiger partial charge in [0.25, 0.3) is 0 Å². The maximum atomic E-state index is 10.7. The third kappa shape index (κ3) is 5.10. The molecule has 0 saturated carbocycles. The summed E-state index contributed by atoms with van der Waals surface area (Å²) in [4.78, 5) is 25.1. The van der Waals surface area contributed by atoms with Crippen molar-refractivity contribution in [1.82, 2.24) is 4.98 Å². The average molecular weight is 237 g/mol. The number of hydrogen-bond donors (Lipinski definition) is 2. The first-order valence-electron chi connectivity index (χ1n) is 5.49. The lowest BCUT2D eigenvalue weighted by molar-refractivity contribution is -0.137. The molecule has 0 atom stereocenters. The van der Waals surface area contributed by atoms with Crippen LogP contribution < -0.4 is 0 Å². The minimum absolute atomic E-state index is 0.183. The van der Waals surface area contributed by atoms with E-state index in [0.717, 1.165) is 18.5 Å². The van der Waals surface area contributed by atoms with Gasteiger partial charge in [0, 0.05) is 18.3 Å². The van der Waals surface area contributed by atoms with Crippen molar-refractivity contribution in [2.45, 2.75) is 32.1 Å². The molecular formula is C12H15NO4. The van der Waals surface area contributed by atoms with E-state index < -0.39 is 11.9 Å². The summed E-state index contributed by atoms with van der Waals surface area (Å²) in [7, 11) is 0. The van der Waals surface area contributed by atoms with Gasteiger partial charge >= 0.3 is 11.9 Å². The second kappa shape index (κ2) is 6.62. The fourth-order valence-electron chi connectivity index (χ4n) is 1.51. The first kappa shape index (κ1) is 13.2. The van der Waals surface area contributed by atoms with Gasteiger partial charge in [0.05, 0.1) is 5.56 Å². The Morgan fingerprint density at radius 3 is 2.59 bits per heavy atom. The number of aliphatic carboxylic acids is 1. The van der Waals surface area contributed by atoms with E-state index in [0.29, 0.717) is 12.8 Å². The molecular weight excluding hydrogens is 222 g/mol. The lowest BCUT2D eigenvalue weighted by Gasteiger charge is -2.01. The van der Waals surface area contributed by atoms with Crippen LogP contribution in [0.25, 0.3) is 0 Å². The summed E-state index contributed by atoms with van der Waals surface area (Å²) in [6.07, 6.45) is 4.63. The molecule has 0 fully saturated rings. The smallest absolute Gasteiger partial charge is 0.335 e. The van der Waals surface area contributed by atoms with Crippen LogP contribution in [0.2, 0.25) is 0 Å². The largest absolute Gasteiger partial charge is 0.481 e. The third-order valence-electron chi connectivity index (χ3n) is 2.39. The Kier molecular flexibility index (Phi) is 5.13. The van der Waals surface area contributed by atoms with Crippen LogP contribution in [0.4, 0.5) is 0 Å². The van der Waals surface area contributed by atoms with Gasteiger partial charge in [-0.2, -0.15) is 0 Å². The Balaban J connectivity index is 2.34. The van der Waals surface area contributed by atoms with Gasteiger partial charge in [0.1, 0.15) is 0 Å². The predicted octanol–water partition coefficient (Wildman–Crippen LogP) is 1.97. The average Bonchev–Trinajstić information content (AvgIpc) is 2.28. The number of nitrogens with zero attached hydrogens (tertiary/aromatic N) is 1. The number of aromatic nitrogens is 1. The molecule has 5 nitrogen and oxygen atoms in total. The summed E-state index contributed by atoms with van der Waals surface area (Å²) >= 11 is 0. The van der Waals surface area contributed by atoms with Crippen molar-refractivity contribution in [1.29, 1.82) is 0 Å². The van der Waals surface area contributed by atoms with Crippen molar-refractivity contribution in [3.63, 3.8) is 0 Å². The van der Waals surface area contributed by atoms with Crippen molar-refractivity contribution >= 4 is 11.9 Å². The summed E-state index contributed by atoms with van der Waals surface area (Å²) in [5.41, 5.74) is 0.973. The predicted molar refractivity (Wildman–Crippen MR) is 61.0 cm³/mol. The standard InChI is InChI=1S/C12H15NO4/c14-11(15)5-3-1-2-4-10-8-9(12(16)17)6-7-13-10/h6-8H,1-5H2,(H,14,15)(H,16,17). The highest BCUT2D eigenvalue weighted by Crippen LogP contribution is 2.08. The van der Waals surface area contributed by atoms with E-state index in [9.17, 15) is 9.59 Å². The van der Waals surface area contributed by atoms with E-state index in [2.05, 4.69) is 4.98 Å².